The lowest BCUT2D eigenvalue weighted by atomic mass is 10.2. The maximum absolute atomic E-state index is 6.14. The van der Waals surface area contributed by atoms with Crippen LogP contribution in [0.5, 0.6) is 0 Å². The molecule has 1 unspecified atom stereocenters. The zero-order chi connectivity index (χ0) is 15.2. The molecule has 1 aromatic heterocycles. The lowest BCUT2D eigenvalue weighted by Gasteiger charge is -2.11. The van der Waals surface area contributed by atoms with Crippen LogP contribution in [-0.4, -0.2) is 38.0 Å². The molecule has 116 valence electrons. The van der Waals surface area contributed by atoms with Crippen molar-refractivity contribution < 1.29 is 9.47 Å². The SMILES string of the molecule is COCCNCc1cn(CC(C)OC)c2cc(Cl)ccc12. The van der Waals surface area contributed by atoms with E-state index in [0.717, 1.165) is 30.2 Å². The minimum atomic E-state index is 0.161. The summed E-state index contributed by atoms with van der Waals surface area (Å²) in [6.45, 7) is 5.24. The Hall–Kier alpha value is -1.07. The maximum Gasteiger partial charge on any atom is 0.0722 e. The molecular formula is C16H23ClN2O2. The summed E-state index contributed by atoms with van der Waals surface area (Å²) in [4.78, 5) is 0. The van der Waals surface area contributed by atoms with E-state index in [1.807, 2.05) is 12.1 Å². The van der Waals surface area contributed by atoms with E-state index in [-0.39, 0.29) is 6.10 Å². The van der Waals surface area contributed by atoms with E-state index in [1.165, 1.54) is 10.9 Å². The second-order valence-electron chi connectivity index (χ2n) is 5.18. The monoisotopic (exact) mass is 310 g/mol. The highest BCUT2D eigenvalue weighted by Crippen LogP contribution is 2.25. The molecule has 0 aliphatic heterocycles. The Labute approximate surface area is 131 Å². The number of methoxy groups -OCH3 is 2. The highest BCUT2D eigenvalue weighted by Gasteiger charge is 2.11. The van der Waals surface area contributed by atoms with Crippen LogP contribution >= 0.6 is 11.6 Å². The molecule has 0 saturated carbocycles. The smallest absolute Gasteiger partial charge is 0.0722 e. The molecule has 1 heterocycles. The maximum atomic E-state index is 6.14. The first-order valence-electron chi connectivity index (χ1n) is 7.15. The van der Waals surface area contributed by atoms with Crippen LogP contribution in [-0.2, 0) is 22.6 Å². The van der Waals surface area contributed by atoms with E-state index in [0.29, 0.717) is 6.61 Å². The number of nitrogens with one attached hydrogen (secondary N) is 1. The number of fused-ring (bicyclic) bond motifs is 1. The van der Waals surface area contributed by atoms with Crippen molar-refractivity contribution in [1.29, 1.82) is 0 Å². The summed E-state index contributed by atoms with van der Waals surface area (Å²) in [5.41, 5.74) is 2.41. The zero-order valence-corrected chi connectivity index (χ0v) is 13.6. The van der Waals surface area contributed by atoms with E-state index in [4.69, 9.17) is 21.1 Å². The predicted molar refractivity (Wildman–Crippen MR) is 87.0 cm³/mol. The third-order valence-corrected chi connectivity index (χ3v) is 3.82. The number of hydrogen-bond acceptors (Lipinski definition) is 3. The summed E-state index contributed by atoms with van der Waals surface area (Å²) in [5, 5.41) is 5.37. The fraction of sp³-hybridized carbons (Fsp3) is 0.500. The quantitative estimate of drug-likeness (QED) is 0.761. The fourth-order valence-corrected chi connectivity index (χ4v) is 2.55. The van der Waals surface area contributed by atoms with E-state index in [2.05, 4.69) is 29.1 Å². The molecule has 21 heavy (non-hydrogen) atoms. The van der Waals surface area contributed by atoms with Gasteiger partial charge in [-0.2, -0.15) is 0 Å². The number of aromatic nitrogens is 1. The van der Waals surface area contributed by atoms with Crippen molar-refractivity contribution in [2.24, 2.45) is 0 Å². The van der Waals surface area contributed by atoms with E-state index >= 15 is 0 Å². The second kappa shape index (κ2) is 7.80. The van der Waals surface area contributed by atoms with Crippen molar-refractivity contribution in [2.45, 2.75) is 26.1 Å². The molecule has 0 aliphatic carbocycles. The highest BCUT2D eigenvalue weighted by molar-refractivity contribution is 6.31. The third kappa shape index (κ3) is 4.20. The first-order chi connectivity index (χ1) is 10.2. The van der Waals surface area contributed by atoms with Crippen LogP contribution in [0, 0.1) is 0 Å². The Morgan fingerprint density at radius 2 is 2.14 bits per heavy atom. The molecule has 0 amide bonds. The minimum Gasteiger partial charge on any atom is -0.383 e. The Bertz CT molecular complexity index is 583. The number of hydrogen-bond donors (Lipinski definition) is 1. The van der Waals surface area contributed by atoms with Gasteiger partial charge in [0.05, 0.1) is 12.7 Å². The van der Waals surface area contributed by atoms with Gasteiger partial charge in [-0.1, -0.05) is 17.7 Å². The topological polar surface area (TPSA) is 35.4 Å². The largest absolute Gasteiger partial charge is 0.383 e. The number of benzene rings is 1. The molecule has 0 spiro atoms. The van der Waals surface area contributed by atoms with E-state index < -0.39 is 0 Å². The number of ether oxygens (including phenoxy) is 2. The zero-order valence-electron chi connectivity index (χ0n) is 12.9. The van der Waals surface area contributed by atoms with Gasteiger partial charge in [-0.15, -0.1) is 0 Å². The van der Waals surface area contributed by atoms with Crippen LogP contribution in [0.1, 0.15) is 12.5 Å². The molecule has 0 fully saturated rings. The number of halogens is 1. The van der Waals surface area contributed by atoms with Crippen molar-refractivity contribution in [3.8, 4) is 0 Å². The first kappa shape index (κ1) is 16.3. The average molecular weight is 311 g/mol. The van der Waals surface area contributed by atoms with Gasteiger partial charge in [0.1, 0.15) is 0 Å². The highest BCUT2D eigenvalue weighted by atomic mass is 35.5. The van der Waals surface area contributed by atoms with Gasteiger partial charge in [0.15, 0.2) is 0 Å². The minimum absolute atomic E-state index is 0.161. The predicted octanol–water partition coefficient (Wildman–Crippen LogP) is 3.07. The van der Waals surface area contributed by atoms with Gasteiger partial charge < -0.3 is 19.4 Å². The molecule has 1 N–H and O–H groups in total. The van der Waals surface area contributed by atoms with E-state index in [9.17, 15) is 0 Å². The number of rotatable bonds is 8. The van der Waals surface area contributed by atoms with Crippen molar-refractivity contribution in [1.82, 2.24) is 9.88 Å². The first-order valence-corrected chi connectivity index (χ1v) is 7.53. The Balaban J connectivity index is 2.24. The molecule has 1 aromatic carbocycles. The van der Waals surface area contributed by atoms with E-state index in [1.54, 1.807) is 14.2 Å². The van der Waals surface area contributed by atoms with Crippen molar-refractivity contribution >= 4 is 22.5 Å². The molecular weight excluding hydrogens is 288 g/mol. The second-order valence-corrected chi connectivity index (χ2v) is 5.62. The summed E-state index contributed by atoms with van der Waals surface area (Å²) in [6.07, 6.45) is 2.34. The van der Waals surface area contributed by atoms with Crippen LogP contribution in [0.25, 0.3) is 10.9 Å². The fourth-order valence-electron chi connectivity index (χ4n) is 2.38. The molecule has 4 nitrogen and oxygen atoms in total. The molecule has 2 rings (SSSR count). The summed E-state index contributed by atoms with van der Waals surface area (Å²) >= 11 is 6.14. The van der Waals surface area contributed by atoms with Crippen LogP contribution in [0.2, 0.25) is 5.02 Å². The summed E-state index contributed by atoms with van der Waals surface area (Å²) in [5.74, 6) is 0. The molecule has 0 aliphatic rings. The Kier molecular flexibility index (Phi) is 6.06. The standard InChI is InChI=1S/C16H23ClN2O2/c1-12(21-3)10-19-11-13(9-18-6-7-20-2)15-5-4-14(17)8-16(15)19/h4-5,8,11-12,18H,6-7,9-10H2,1-3H3. The van der Waals surface area contributed by atoms with Gasteiger partial charge in [0, 0.05) is 56.0 Å². The molecule has 2 aromatic rings. The van der Waals surface area contributed by atoms with Crippen molar-refractivity contribution in [3.63, 3.8) is 0 Å². The van der Waals surface area contributed by atoms with Crippen LogP contribution in [0.4, 0.5) is 0 Å². The molecule has 5 heteroatoms. The van der Waals surface area contributed by atoms with Gasteiger partial charge in [0.2, 0.25) is 0 Å². The average Bonchev–Trinajstić information content (AvgIpc) is 2.81. The molecule has 0 radical (unpaired) electrons. The van der Waals surface area contributed by atoms with Crippen LogP contribution in [0.15, 0.2) is 24.4 Å². The van der Waals surface area contributed by atoms with Crippen molar-refractivity contribution in [2.75, 3.05) is 27.4 Å². The van der Waals surface area contributed by atoms with Gasteiger partial charge in [-0.25, -0.2) is 0 Å². The Morgan fingerprint density at radius 3 is 2.86 bits per heavy atom. The van der Waals surface area contributed by atoms with Gasteiger partial charge in [-0.3, -0.25) is 0 Å². The molecule has 0 bridgehead atoms. The van der Waals surface area contributed by atoms with Gasteiger partial charge in [-0.05, 0) is 24.6 Å². The van der Waals surface area contributed by atoms with Crippen LogP contribution < -0.4 is 5.32 Å². The molecule has 1 atom stereocenters. The molecule has 0 saturated heterocycles. The summed E-state index contributed by atoms with van der Waals surface area (Å²) < 4.78 is 12.6. The number of nitrogens with zero attached hydrogens (tertiary/aromatic N) is 1. The lowest BCUT2D eigenvalue weighted by molar-refractivity contribution is 0.104. The third-order valence-electron chi connectivity index (χ3n) is 3.58. The summed E-state index contributed by atoms with van der Waals surface area (Å²) in [6, 6.07) is 6.03. The normalized spacial score (nSPS) is 13.0. The lowest BCUT2D eigenvalue weighted by Crippen LogP contribution is -2.18. The van der Waals surface area contributed by atoms with Gasteiger partial charge in [0.25, 0.3) is 0 Å². The van der Waals surface area contributed by atoms with Crippen LogP contribution in [0.3, 0.4) is 0 Å². The Morgan fingerprint density at radius 1 is 1.33 bits per heavy atom. The summed E-state index contributed by atoms with van der Waals surface area (Å²) in [7, 11) is 3.44. The van der Waals surface area contributed by atoms with Gasteiger partial charge >= 0.3 is 0 Å². The van der Waals surface area contributed by atoms with Crippen molar-refractivity contribution in [3.05, 3.63) is 35.0 Å².